The highest BCUT2D eigenvalue weighted by Crippen LogP contribution is 2.25. The van der Waals surface area contributed by atoms with Crippen molar-refractivity contribution in [2.24, 2.45) is 5.73 Å². The fourth-order valence-corrected chi connectivity index (χ4v) is 1.49. The first-order valence-corrected chi connectivity index (χ1v) is 5.16. The van der Waals surface area contributed by atoms with Gasteiger partial charge in [0.05, 0.1) is 21.3 Å². The number of benzene rings is 1. The monoisotopic (exact) mass is 239 g/mol. The van der Waals surface area contributed by atoms with Crippen LogP contribution in [0.4, 0.5) is 0 Å². The summed E-state index contributed by atoms with van der Waals surface area (Å²) in [6.07, 6.45) is 0.361. The molecule has 94 valence electrons. The van der Waals surface area contributed by atoms with Crippen molar-refractivity contribution in [2.75, 3.05) is 21.3 Å². The normalized spacial score (nSPS) is 11.8. The van der Waals surface area contributed by atoms with E-state index in [9.17, 15) is 4.79 Å². The number of hydrogen-bond donors (Lipinski definition) is 1. The number of nitrogens with two attached hydrogens (primary N) is 1. The van der Waals surface area contributed by atoms with Crippen molar-refractivity contribution in [3.8, 4) is 11.5 Å². The Kier molecular flexibility index (Phi) is 4.78. The van der Waals surface area contributed by atoms with Crippen molar-refractivity contribution in [3.05, 3.63) is 23.8 Å². The van der Waals surface area contributed by atoms with Gasteiger partial charge in [0.25, 0.3) is 0 Å². The van der Waals surface area contributed by atoms with Gasteiger partial charge in [0.2, 0.25) is 0 Å². The lowest BCUT2D eigenvalue weighted by Gasteiger charge is -2.13. The molecule has 0 fully saturated rings. The first-order valence-electron chi connectivity index (χ1n) is 5.16. The van der Waals surface area contributed by atoms with E-state index >= 15 is 0 Å². The number of methoxy groups -OCH3 is 3. The van der Waals surface area contributed by atoms with E-state index < -0.39 is 12.0 Å². The van der Waals surface area contributed by atoms with Crippen molar-refractivity contribution in [2.45, 2.75) is 12.5 Å². The summed E-state index contributed by atoms with van der Waals surface area (Å²) in [6, 6.07) is 4.67. The minimum Gasteiger partial charge on any atom is -0.497 e. The van der Waals surface area contributed by atoms with Gasteiger partial charge < -0.3 is 19.9 Å². The molecular formula is C12H17NO4. The second-order valence-electron chi connectivity index (χ2n) is 3.51. The first-order chi connectivity index (χ1) is 8.12. The summed E-state index contributed by atoms with van der Waals surface area (Å²) in [5.74, 6) is 0.892. The van der Waals surface area contributed by atoms with E-state index in [1.807, 2.05) is 6.07 Å². The number of carbonyl (C=O) groups is 1. The molecule has 0 heterocycles. The van der Waals surface area contributed by atoms with Crippen molar-refractivity contribution in [1.82, 2.24) is 0 Å². The molecular weight excluding hydrogens is 222 g/mol. The number of esters is 1. The van der Waals surface area contributed by atoms with Crippen LogP contribution in [0.15, 0.2) is 18.2 Å². The van der Waals surface area contributed by atoms with E-state index in [0.29, 0.717) is 17.9 Å². The maximum atomic E-state index is 11.2. The predicted octanol–water partition coefficient (Wildman–Crippen LogP) is 0.747. The highest BCUT2D eigenvalue weighted by Gasteiger charge is 2.16. The van der Waals surface area contributed by atoms with Crippen LogP contribution in [0.25, 0.3) is 0 Å². The third kappa shape index (κ3) is 3.35. The van der Waals surface area contributed by atoms with E-state index in [1.54, 1.807) is 26.4 Å². The molecule has 0 amide bonds. The zero-order valence-corrected chi connectivity index (χ0v) is 10.2. The minimum absolute atomic E-state index is 0.361. The van der Waals surface area contributed by atoms with Gasteiger partial charge in [0.15, 0.2) is 0 Å². The average molecular weight is 239 g/mol. The lowest BCUT2D eigenvalue weighted by Crippen LogP contribution is -2.33. The highest BCUT2D eigenvalue weighted by molar-refractivity contribution is 5.75. The fraction of sp³-hybridized carbons (Fsp3) is 0.417. The quantitative estimate of drug-likeness (QED) is 0.768. The van der Waals surface area contributed by atoms with E-state index in [1.165, 1.54) is 7.11 Å². The molecule has 1 atom stereocenters. The summed E-state index contributed by atoms with van der Waals surface area (Å²) in [6.45, 7) is 0. The molecule has 1 aromatic rings. The maximum Gasteiger partial charge on any atom is 0.322 e. The number of ether oxygens (including phenoxy) is 3. The second-order valence-corrected chi connectivity index (χ2v) is 3.51. The molecule has 0 aromatic heterocycles. The van der Waals surface area contributed by atoms with Crippen LogP contribution in [-0.2, 0) is 16.0 Å². The Bertz CT molecular complexity index is 392. The van der Waals surface area contributed by atoms with Gasteiger partial charge in [-0.05, 0) is 11.6 Å². The highest BCUT2D eigenvalue weighted by atomic mass is 16.5. The summed E-state index contributed by atoms with van der Waals surface area (Å²) in [5, 5.41) is 0. The van der Waals surface area contributed by atoms with Crippen molar-refractivity contribution in [1.29, 1.82) is 0 Å². The number of rotatable bonds is 5. The van der Waals surface area contributed by atoms with Gasteiger partial charge in [0, 0.05) is 12.5 Å². The lowest BCUT2D eigenvalue weighted by atomic mass is 10.1. The molecule has 1 unspecified atom stereocenters. The molecule has 17 heavy (non-hydrogen) atoms. The van der Waals surface area contributed by atoms with E-state index in [2.05, 4.69) is 4.74 Å². The molecule has 5 nitrogen and oxygen atoms in total. The van der Waals surface area contributed by atoms with E-state index in [-0.39, 0.29) is 0 Å². The largest absolute Gasteiger partial charge is 0.497 e. The summed E-state index contributed by atoms with van der Waals surface area (Å²) >= 11 is 0. The lowest BCUT2D eigenvalue weighted by molar-refractivity contribution is -0.142. The van der Waals surface area contributed by atoms with Crippen LogP contribution in [0.2, 0.25) is 0 Å². The molecule has 1 rings (SSSR count). The third-order valence-corrected chi connectivity index (χ3v) is 2.44. The molecule has 0 saturated heterocycles. The minimum atomic E-state index is -0.692. The molecule has 1 aromatic carbocycles. The smallest absolute Gasteiger partial charge is 0.322 e. The van der Waals surface area contributed by atoms with Crippen LogP contribution >= 0.6 is 0 Å². The summed E-state index contributed by atoms with van der Waals surface area (Å²) < 4.78 is 14.9. The number of carbonyl (C=O) groups excluding carboxylic acids is 1. The van der Waals surface area contributed by atoms with Gasteiger partial charge in [0.1, 0.15) is 17.5 Å². The van der Waals surface area contributed by atoms with Crippen LogP contribution in [0.5, 0.6) is 11.5 Å². The summed E-state index contributed by atoms with van der Waals surface area (Å²) in [4.78, 5) is 11.2. The van der Waals surface area contributed by atoms with Gasteiger partial charge in [-0.15, -0.1) is 0 Å². The molecule has 0 aliphatic heterocycles. The molecule has 2 N–H and O–H groups in total. The molecule has 0 bridgehead atoms. The standard InChI is InChI=1S/C12H17NO4/c1-15-9-5-4-8(11(7-9)16-2)6-10(13)12(14)17-3/h4-5,7,10H,6,13H2,1-3H3. The Hall–Kier alpha value is -1.75. The fourth-order valence-electron chi connectivity index (χ4n) is 1.49. The van der Waals surface area contributed by atoms with E-state index in [0.717, 1.165) is 5.56 Å². The van der Waals surface area contributed by atoms with Crippen LogP contribution in [0.3, 0.4) is 0 Å². The Balaban J connectivity index is 2.87. The summed E-state index contributed by atoms with van der Waals surface area (Å²) in [7, 11) is 4.45. The second kappa shape index (κ2) is 6.10. The van der Waals surface area contributed by atoms with Gasteiger partial charge in [-0.3, -0.25) is 4.79 Å². The topological polar surface area (TPSA) is 70.8 Å². The predicted molar refractivity (Wildman–Crippen MR) is 63.2 cm³/mol. The van der Waals surface area contributed by atoms with Gasteiger partial charge in [-0.2, -0.15) is 0 Å². The van der Waals surface area contributed by atoms with Crippen LogP contribution < -0.4 is 15.2 Å². The Morgan fingerprint density at radius 3 is 2.53 bits per heavy atom. The SMILES string of the molecule is COC(=O)C(N)Cc1ccc(OC)cc1OC. The summed E-state index contributed by atoms with van der Waals surface area (Å²) in [5.41, 5.74) is 6.53. The zero-order valence-electron chi connectivity index (χ0n) is 10.2. The third-order valence-electron chi connectivity index (χ3n) is 2.44. The van der Waals surface area contributed by atoms with Crippen molar-refractivity contribution in [3.63, 3.8) is 0 Å². The molecule has 0 radical (unpaired) electrons. The maximum absolute atomic E-state index is 11.2. The molecule has 5 heteroatoms. The van der Waals surface area contributed by atoms with Crippen LogP contribution in [0, 0.1) is 0 Å². The Morgan fingerprint density at radius 1 is 1.29 bits per heavy atom. The number of hydrogen-bond acceptors (Lipinski definition) is 5. The van der Waals surface area contributed by atoms with Crippen molar-refractivity contribution >= 4 is 5.97 Å². The van der Waals surface area contributed by atoms with E-state index in [4.69, 9.17) is 15.2 Å². The van der Waals surface area contributed by atoms with Gasteiger partial charge >= 0.3 is 5.97 Å². The molecule has 0 aliphatic rings. The Morgan fingerprint density at radius 2 is 2.00 bits per heavy atom. The molecule has 0 spiro atoms. The van der Waals surface area contributed by atoms with Crippen molar-refractivity contribution < 1.29 is 19.0 Å². The average Bonchev–Trinajstić information content (AvgIpc) is 2.37. The first kappa shape index (κ1) is 13.3. The molecule has 0 saturated carbocycles. The zero-order chi connectivity index (χ0) is 12.8. The molecule has 0 aliphatic carbocycles. The van der Waals surface area contributed by atoms with Gasteiger partial charge in [-0.25, -0.2) is 0 Å². The van der Waals surface area contributed by atoms with Crippen LogP contribution in [0.1, 0.15) is 5.56 Å². The van der Waals surface area contributed by atoms with Gasteiger partial charge in [-0.1, -0.05) is 6.07 Å². The van der Waals surface area contributed by atoms with Crippen LogP contribution in [-0.4, -0.2) is 33.3 Å². The Labute approximate surface area is 100 Å².